The maximum absolute atomic E-state index is 12.5. The Morgan fingerprint density at radius 3 is 2.62 bits per heavy atom. The molecule has 3 aromatic rings. The van der Waals surface area contributed by atoms with E-state index in [2.05, 4.69) is 15.1 Å². The predicted octanol–water partition coefficient (Wildman–Crippen LogP) is 1.77. The first-order chi connectivity index (χ1) is 9.97. The Labute approximate surface area is 115 Å². The van der Waals surface area contributed by atoms with E-state index in [0.717, 1.165) is 21.8 Å². The lowest BCUT2D eigenvalue weighted by atomic mass is 10.4. The summed E-state index contributed by atoms with van der Waals surface area (Å²) in [6.07, 6.45) is -0.0643. The number of nitrogens with zero attached hydrogens (tertiary/aromatic N) is 4. The van der Waals surface area contributed by atoms with E-state index in [0.29, 0.717) is 5.82 Å². The maximum atomic E-state index is 12.5. The van der Waals surface area contributed by atoms with Crippen LogP contribution < -0.4 is 5.56 Å². The highest BCUT2D eigenvalue weighted by Gasteiger charge is 2.33. The molecule has 108 valence electrons. The van der Waals surface area contributed by atoms with Gasteiger partial charge in [0.25, 0.3) is 5.56 Å². The molecule has 0 spiro atoms. The van der Waals surface area contributed by atoms with Crippen LogP contribution in [0.15, 0.2) is 47.9 Å². The number of H-pyrrole nitrogens is 1. The first-order valence-electron chi connectivity index (χ1n) is 5.80. The fourth-order valence-corrected chi connectivity index (χ4v) is 1.80. The molecule has 0 amide bonds. The Balaban J connectivity index is 2.04. The molecule has 21 heavy (non-hydrogen) atoms. The first kappa shape index (κ1) is 13.2. The van der Waals surface area contributed by atoms with Crippen LogP contribution in [0.4, 0.5) is 13.2 Å². The monoisotopic (exact) mass is 295 g/mol. The number of pyridine rings is 1. The summed E-state index contributed by atoms with van der Waals surface area (Å²) in [6, 6.07) is 4.97. The molecule has 3 heterocycles. The normalized spacial score (nSPS) is 11.8. The minimum absolute atomic E-state index is 0.0173. The number of rotatable bonds is 2. The van der Waals surface area contributed by atoms with Gasteiger partial charge in [0.1, 0.15) is 12.0 Å². The summed E-state index contributed by atoms with van der Waals surface area (Å²) in [6.45, 7) is 0. The molecule has 0 aliphatic rings. The third-order valence-corrected chi connectivity index (χ3v) is 2.78. The molecule has 0 aromatic carbocycles. The van der Waals surface area contributed by atoms with Crippen molar-refractivity contribution in [1.29, 1.82) is 0 Å². The third kappa shape index (κ3) is 2.33. The van der Waals surface area contributed by atoms with Gasteiger partial charge in [-0.25, -0.2) is 9.97 Å². The van der Waals surface area contributed by atoms with Crippen molar-refractivity contribution in [2.75, 3.05) is 0 Å². The van der Waals surface area contributed by atoms with Crippen LogP contribution in [-0.2, 0) is 6.18 Å². The maximum Gasteiger partial charge on any atom is 0.434 e. The van der Waals surface area contributed by atoms with Gasteiger partial charge in [0.05, 0.1) is 0 Å². The van der Waals surface area contributed by atoms with Crippen molar-refractivity contribution < 1.29 is 13.2 Å². The highest BCUT2D eigenvalue weighted by atomic mass is 19.4. The van der Waals surface area contributed by atoms with E-state index in [1.54, 1.807) is 18.2 Å². The molecule has 3 aromatic heterocycles. The molecular formula is C12H8F3N5O. The van der Waals surface area contributed by atoms with Crippen LogP contribution in [0.5, 0.6) is 0 Å². The molecular weight excluding hydrogens is 287 g/mol. The summed E-state index contributed by atoms with van der Waals surface area (Å²) in [4.78, 5) is 19.4. The van der Waals surface area contributed by atoms with E-state index in [4.69, 9.17) is 0 Å². The highest BCUT2D eigenvalue weighted by Crippen LogP contribution is 2.27. The quantitative estimate of drug-likeness (QED) is 0.783. The zero-order valence-corrected chi connectivity index (χ0v) is 10.4. The number of aromatic nitrogens is 5. The van der Waals surface area contributed by atoms with Crippen molar-refractivity contribution >= 4 is 0 Å². The Hall–Kier alpha value is -2.84. The van der Waals surface area contributed by atoms with Crippen LogP contribution in [-0.4, -0.2) is 24.3 Å². The van der Waals surface area contributed by atoms with Crippen molar-refractivity contribution in [3.63, 3.8) is 0 Å². The standard InChI is InChI=1S/C12H8F3N5O/c13-12(14,15)9-6-19(7-17-9)8-5-18-20(11(8)21)10-3-1-2-4-16-10/h1-7,18H. The van der Waals surface area contributed by atoms with Gasteiger partial charge in [-0.3, -0.25) is 14.5 Å². The average molecular weight is 295 g/mol. The fourth-order valence-electron chi connectivity index (χ4n) is 1.80. The topological polar surface area (TPSA) is 68.5 Å². The molecule has 6 nitrogen and oxygen atoms in total. The second-order valence-corrected chi connectivity index (χ2v) is 4.15. The van der Waals surface area contributed by atoms with E-state index >= 15 is 0 Å². The molecule has 3 rings (SSSR count). The van der Waals surface area contributed by atoms with Gasteiger partial charge >= 0.3 is 6.18 Å². The summed E-state index contributed by atoms with van der Waals surface area (Å²) < 4.78 is 39.7. The Morgan fingerprint density at radius 2 is 2.00 bits per heavy atom. The molecule has 0 aliphatic heterocycles. The average Bonchev–Trinajstić information content (AvgIpc) is 3.05. The van der Waals surface area contributed by atoms with Gasteiger partial charge in [-0.1, -0.05) is 6.07 Å². The Morgan fingerprint density at radius 1 is 1.19 bits per heavy atom. The lowest BCUT2D eigenvalue weighted by molar-refractivity contribution is -0.140. The van der Waals surface area contributed by atoms with Gasteiger partial charge in [0.2, 0.25) is 0 Å². The summed E-state index contributed by atoms with van der Waals surface area (Å²) in [7, 11) is 0. The summed E-state index contributed by atoms with van der Waals surface area (Å²) in [5.41, 5.74) is -1.57. The van der Waals surface area contributed by atoms with E-state index in [1.807, 2.05) is 0 Å². The van der Waals surface area contributed by atoms with E-state index < -0.39 is 17.4 Å². The highest BCUT2D eigenvalue weighted by molar-refractivity contribution is 5.31. The van der Waals surface area contributed by atoms with Gasteiger partial charge in [-0.15, -0.1) is 0 Å². The molecule has 0 unspecified atom stereocenters. The van der Waals surface area contributed by atoms with Crippen molar-refractivity contribution in [3.8, 4) is 11.5 Å². The van der Waals surface area contributed by atoms with Crippen molar-refractivity contribution in [2.24, 2.45) is 0 Å². The van der Waals surface area contributed by atoms with Crippen LogP contribution in [0.25, 0.3) is 11.5 Å². The van der Waals surface area contributed by atoms with Crippen molar-refractivity contribution in [1.82, 2.24) is 24.3 Å². The SMILES string of the molecule is O=c1c(-n2cnc(C(F)(F)F)c2)c[nH]n1-c1ccccn1. The van der Waals surface area contributed by atoms with Crippen LogP contribution in [0, 0.1) is 0 Å². The first-order valence-corrected chi connectivity index (χ1v) is 5.80. The lowest BCUT2D eigenvalue weighted by Crippen LogP contribution is -2.18. The van der Waals surface area contributed by atoms with Gasteiger partial charge in [-0.05, 0) is 12.1 Å². The molecule has 9 heteroatoms. The van der Waals surface area contributed by atoms with E-state index in [1.165, 1.54) is 12.4 Å². The third-order valence-electron chi connectivity index (χ3n) is 2.78. The number of hydrogen-bond donors (Lipinski definition) is 1. The minimum atomic E-state index is -4.55. The van der Waals surface area contributed by atoms with Gasteiger partial charge < -0.3 is 0 Å². The van der Waals surface area contributed by atoms with Crippen molar-refractivity contribution in [2.45, 2.75) is 6.18 Å². The molecule has 1 N–H and O–H groups in total. The Kier molecular flexibility index (Phi) is 2.89. The predicted molar refractivity (Wildman–Crippen MR) is 66.3 cm³/mol. The number of halogens is 3. The molecule has 0 atom stereocenters. The van der Waals surface area contributed by atoms with Crippen LogP contribution >= 0.6 is 0 Å². The van der Waals surface area contributed by atoms with Crippen molar-refractivity contribution in [3.05, 3.63) is 59.2 Å². The molecule has 0 bridgehead atoms. The summed E-state index contributed by atoms with van der Waals surface area (Å²) in [5.74, 6) is 0.338. The second kappa shape index (κ2) is 4.62. The molecule has 0 fully saturated rings. The number of imidazole rings is 1. The number of hydrogen-bond acceptors (Lipinski definition) is 3. The molecule has 0 radical (unpaired) electrons. The van der Waals surface area contributed by atoms with E-state index in [9.17, 15) is 18.0 Å². The fraction of sp³-hybridized carbons (Fsp3) is 0.0833. The number of alkyl halides is 3. The van der Waals surface area contributed by atoms with Gasteiger partial charge in [0.15, 0.2) is 11.5 Å². The van der Waals surface area contributed by atoms with E-state index in [-0.39, 0.29) is 5.69 Å². The van der Waals surface area contributed by atoms with Crippen LogP contribution in [0.3, 0.4) is 0 Å². The number of aromatic amines is 1. The molecule has 0 aliphatic carbocycles. The zero-order chi connectivity index (χ0) is 15.0. The summed E-state index contributed by atoms with van der Waals surface area (Å²) in [5, 5.41) is 2.65. The Bertz CT molecular complexity index is 815. The molecule has 0 saturated carbocycles. The molecule has 0 saturated heterocycles. The van der Waals surface area contributed by atoms with Gasteiger partial charge in [0, 0.05) is 18.6 Å². The van der Waals surface area contributed by atoms with Crippen LogP contribution in [0.2, 0.25) is 0 Å². The lowest BCUT2D eigenvalue weighted by Gasteiger charge is -2.00. The largest absolute Gasteiger partial charge is 0.434 e. The summed E-state index contributed by atoms with van der Waals surface area (Å²) >= 11 is 0. The van der Waals surface area contributed by atoms with Crippen LogP contribution in [0.1, 0.15) is 5.69 Å². The number of nitrogens with one attached hydrogen (secondary N) is 1. The zero-order valence-electron chi connectivity index (χ0n) is 10.4. The second-order valence-electron chi connectivity index (χ2n) is 4.15. The minimum Gasteiger partial charge on any atom is -0.299 e. The van der Waals surface area contributed by atoms with Gasteiger partial charge in [-0.2, -0.15) is 17.9 Å². The smallest absolute Gasteiger partial charge is 0.299 e.